The van der Waals surface area contributed by atoms with Crippen LogP contribution in [0, 0.1) is 12.8 Å². The van der Waals surface area contributed by atoms with Gasteiger partial charge in [-0.25, -0.2) is 9.97 Å². The van der Waals surface area contributed by atoms with Crippen molar-refractivity contribution < 1.29 is 13.9 Å². The minimum Gasteiger partial charge on any atom is -0.442 e. The predicted molar refractivity (Wildman–Crippen MR) is 91.4 cm³/mol. The van der Waals surface area contributed by atoms with Crippen LogP contribution in [-0.4, -0.2) is 48.7 Å². The lowest BCUT2D eigenvalue weighted by Gasteiger charge is -2.28. The second kappa shape index (κ2) is 7.17. The van der Waals surface area contributed by atoms with E-state index in [2.05, 4.69) is 34.0 Å². The first kappa shape index (κ1) is 16.7. The Hall–Kier alpha value is -2.15. The summed E-state index contributed by atoms with van der Waals surface area (Å²) in [6.45, 7) is 9.49. The topological polar surface area (TPSA) is 80.5 Å². The number of amides is 1. The zero-order chi connectivity index (χ0) is 17.1. The molecule has 0 aromatic carbocycles. The average Bonchev–Trinajstić information content (AvgIpc) is 2.91. The highest BCUT2D eigenvalue weighted by Crippen LogP contribution is 2.31. The van der Waals surface area contributed by atoms with Crippen LogP contribution in [0.3, 0.4) is 0 Å². The number of furan rings is 1. The summed E-state index contributed by atoms with van der Waals surface area (Å²) < 4.78 is 11.1. The number of anilines is 1. The minimum absolute atomic E-state index is 0.129. The summed E-state index contributed by atoms with van der Waals surface area (Å²) >= 11 is 0. The van der Waals surface area contributed by atoms with Gasteiger partial charge in [-0.3, -0.25) is 4.79 Å². The molecule has 0 aliphatic carbocycles. The highest BCUT2D eigenvalue weighted by atomic mass is 16.5. The van der Waals surface area contributed by atoms with E-state index in [-0.39, 0.29) is 5.91 Å². The van der Waals surface area contributed by atoms with Gasteiger partial charge in [-0.05, 0) is 19.3 Å². The molecule has 0 spiro atoms. The van der Waals surface area contributed by atoms with E-state index in [0.29, 0.717) is 48.1 Å². The number of aryl methyl sites for hydroxylation is 1. The lowest BCUT2D eigenvalue weighted by atomic mass is 10.1. The van der Waals surface area contributed by atoms with Crippen molar-refractivity contribution in [3.63, 3.8) is 0 Å². The number of aromatic nitrogens is 2. The second-order valence-electron chi connectivity index (χ2n) is 6.45. The first-order chi connectivity index (χ1) is 11.6. The molecule has 1 aliphatic rings. The molecule has 2 aromatic heterocycles. The van der Waals surface area contributed by atoms with Gasteiger partial charge in [0, 0.05) is 19.6 Å². The van der Waals surface area contributed by atoms with Crippen LogP contribution in [0.15, 0.2) is 10.7 Å². The van der Waals surface area contributed by atoms with Crippen molar-refractivity contribution in [1.29, 1.82) is 0 Å². The van der Waals surface area contributed by atoms with Crippen LogP contribution in [0.5, 0.6) is 0 Å². The van der Waals surface area contributed by atoms with Crippen LogP contribution in [-0.2, 0) is 4.74 Å². The zero-order valence-corrected chi connectivity index (χ0v) is 14.5. The summed E-state index contributed by atoms with van der Waals surface area (Å²) in [5, 5.41) is 3.68. The molecular formula is C17H24N4O3. The van der Waals surface area contributed by atoms with Gasteiger partial charge in [-0.2, -0.15) is 0 Å². The molecule has 3 rings (SSSR count). The van der Waals surface area contributed by atoms with Gasteiger partial charge in [0.25, 0.3) is 5.91 Å². The Bertz CT molecular complexity index is 720. The number of fused-ring (bicyclic) bond motifs is 1. The number of morpholine rings is 1. The number of rotatable bonds is 5. The first-order valence-corrected chi connectivity index (χ1v) is 8.43. The summed E-state index contributed by atoms with van der Waals surface area (Å²) in [6.07, 6.45) is 2.42. The highest BCUT2D eigenvalue weighted by molar-refractivity contribution is 6.10. The van der Waals surface area contributed by atoms with Gasteiger partial charge >= 0.3 is 0 Å². The third-order valence-electron chi connectivity index (χ3n) is 4.19. The van der Waals surface area contributed by atoms with Gasteiger partial charge in [-0.15, -0.1) is 0 Å². The van der Waals surface area contributed by atoms with Crippen molar-refractivity contribution in [2.45, 2.75) is 27.2 Å². The molecule has 0 saturated carbocycles. The Morgan fingerprint density at radius 3 is 2.79 bits per heavy atom. The Kier molecular flexibility index (Phi) is 4.99. The molecule has 0 radical (unpaired) electrons. The van der Waals surface area contributed by atoms with Crippen LogP contribution in [0.2, 0.25) is 0 Å². The van der Waals surface area contributed by atoms with Gasteiger partial charge < -0.3 is 19.4 Å². The fourth-order valence-electron chi connectivity index (χ4n) is 2.88. The first-order valence-electron chi connectivity index (χ1n) is 8.43. The van der Waals surface area contributed by atoms with Gasteiger partial charge in [-0.1, -0.05) is 13.8 Å². The molecule has 7 heteroatoms. The molecule has 24 heavy (non-hydrogen) atoms. The summed E-state index contributed by atoms with van der Waals surface area (Å²) in [5.74, 6) is 1.73. The molecule has 1 amide bonds. The third kappa shape index (κ3) is 3.36. The Morgan fingerprint density at radius 2 is 2.08 bits per heavy atom. The number of carbonyl (C=O) groups is 1. The largest absolute Gasteiger partial charge is 0.442 e. The molecule has 2 aromatic rings. The molecule has 1 fully saturated rings. The van der Waals surface area contributed by atoms with E-state index >= 15 is 0 Å². The van der Waals surface area contributed by atoms with Crippen molar-refractivity contribution in [1.82, 2.24) is 15.3 Å². The van der Waals surface area contributed by atoms with E-state index in [4.69, 9.17) is 9.15 Å². The molecule has 1 aliphatic heterocycles. The van der Waals surface area contributed by atoms with Gasteiger partial charge in [0.1, 0.15) is 17.9 Å². The average molecular weight is 332 g/mol. The molecule has 1 N–H and O–H groups in total. The molecule has 0 atom stereocenters. The standard InChI is InChI=1S/C17H24N4O3/c1-11(2)4-5-18-16(22)13-12(3)24-17-14(13)15(19-10-20-17)21-6-8-23-9-7-21/h10-11H,4-9H2,1-3H3,(H,18,22). The number of nitrogens with one attached hydrogen (secondary N) is 1. The number of hydrogen-bond acceptors (Lipinski definition) is 6. The van der Waals surface area contributed by atoms with Crippen LogP contribution < -0.4 is 10.2 Å². The quantitative estimate of drug-likeness (QED) is 0.903. The Labute approximate surface area is 141 Å². The van der Waals surface area contributed by atoms with Crippen molar-refractivity contribution in [3.05, 3.63) is 17.7 Å². The van der Waals surface area contributed by atoms with E-state index in [1.54, 1.807) is 6.92 Å². The molecule has 130 valence electrons. The predicted octanol–water partition coefficient (Wildman–Crippen LogP) is 2.14. The lowest BCUT2D eigenvalue weighted by molar-refractivity contribution is 0.0952. The van der Waals surface area contributed by atoms with Crippen molar-refractivity contribution >= 4 is 22.8 Å². The van der Waals surface area contributed by atoms with E-state index in [0.717, 1.165) is 25.3 Å². The summed E-state index contributed by atoms with van der Waals surface area (Å²) in [5.41, 5.74) is 0.994. The van der Waals surface area contributed by atoms with Gasteiger partial charge in [0.15, 0.2) is 0 Å². The number of ether oxygens (including phenoxy) is 1. The van der Waals surface area contributed by atoms with Crippen molar-refractivity contribution in [2.75, 3.05) is 37.7 Å². The van der Waals surface area contributed by atoms with Crippen LogP contribution >= 0.6 is 0 Å². The molecule has 1 saturated heterocycles. The molecule has 0 bridgehead atoms. The zero-order valence-electron chi connectivity index (χ0n) is 14.5. The number of carbonyl (C=O) groups excluding carboxylic acids is 1. The highest BCUT2D eigenvalue weighted by Gasteiger charge is 2.25. The number of hydrogen-bond donors (Lipinski definition) is 1. The van der Waals surface area contributed by atoms with Crippen molar-refractivity contribution in [3.8, 4) is 0 Å². The minimum atomic E-state index is -0.129. The lowest BCUT2D eigenvalue weighted by Crippen LogP contribution is -2.37. The SMILES string of the molecule is Cc1oc2ncnc(N3CCOCC3)c2c1C(=O)NCCC(C)C. The van der Waals surface area contributed by atoms with Crippen LogP contribution in [0.1, 0.15) is 36.4 Å². The molecule has 0 unspecified atom stereocenters. The maximum absolute atomic E-state index is 12.7. The van der Waals surface area contributed by atoms with Gasteiger partial charge in [0.05, 0.1) is 24.2 Å². The van der Waals surface area contributed by atoms with E-state index in [1.807, 2.05) is 0 Å². The maximum atomic E-state index is 12.7. The van der Waals surface area contributed by atoms with E-state index in [9.17, 15) is 4.79 Å². The van der Waals surface area contributed by atoms with Crippen LogP contribution in [0.4, 0.5) is 5.82 Å². The smallest absolute Gasteiger partial charge is 0.255 e. The second-order valence-corrected chi connectivity index (χ2v) is 6.45. The van der Waals surface area contributed by atoms with E-state index < -0.39 is 0 Å². The molecule has 3 heterocycles. The number of nitrogens with zero attached hydrogens (tertiary/aromatic N) is 3. The molecular weight excluding hydrogens is 308 g/mol. The summed E-state index contributed by atoms with van der Waals surface area (Å²) in [7, 11) is 0. The summed E-state index contributed by atoms with van der Waals surface area (Å²) in [6, 6.07) is 0. The summed E-state index contributed by atoms with van der Waals surface area (Å²) in [4.78, 5) is 23.4. The third-order valence-corrected chi connectivity index (χ3v) is 4.19. The fourth-order valence-corrected chi connectivity index (χ4v) is 2.88. The fraction of sp³-hybridized carbons (Fsp3) is 0.588. The monoisotopic (exact) mass is 332 g/mol. The Morgan fingerprint density at radius 1 is 1.33 bits per heavy atom. The van der Waals surface area contributed by atoms with Crippen LogP contribution in [0.25, 0.3) is 11.1 Å². The van der Waals surface area contributed by atoms with E-state index in [1.165, 1.54) is 6.33 Å². The Balaban J connectivity index is 1.94. The van der Waals surface area contributed by atoms with Crippen molar-refractivity contribution in [2.24, 2.45) is 5.92 Å². The normalized spacial score (nSPS) is 15.2. The maximum Gasteiger partial charge on any atom is 0.255 e. The van der Waals surface area contributed by atoms with Gasteiger partial charge in [0.2, 0.25) is 5.71 Å². The molecule has 7 nitrogen and oxygen atoms in total.